The molecule has 0 aliphatic rings. The van der Waals surface area contributed by atoms with E-state index >= 15 is 0 Å². The molecule has 0 spiro atoms. The minimum absolute atomic E-state index is 0.0256. The third kappa shape index (κ3) is 3.94. The summed E-state index contributed by atoms with van der Waals surface area (Å²) >= 11 is 0. The maximum atomic E-state index is 12.0. The fourth-order valence-electron chi connectivity index (χ4n) is 3.43. The number of nitrogens with zero attached hydrogens (tertiary/aromatic N) is 6. The van der Waals surface area contributed by atoms with Crippen LogP contribution >= 0.6 is 10.7 Å². The molecule has 33 heavy (non-hydrogen) atoms. The van der Waals surface area contributed by atoms with Gasteiger partial charge in [-0.15, -0.1) is 5.10 Å². The summed E-state index contributed by atoms with van der Waals surface area (Å²) in [6.45, 7) is 3.82. The van der Waals surface area contributed by atoms with Gasteiger partial charge in [0.15, 0.2) is 5.75 Å². The van der Waals surface area contributed by atoms with Gasteiger partial charge in [0.1, 0.15) is 12.0 Å². The lowest BCUT2D eigenvalue weighted by atomic mass is 10.1. The summed E-state index contributed by atoms with van der Waals surface area (Å²) in [7, 11) is 1.64. The van der Waals surface area contributed by atoms with Crippen molar-refractivity contribution in [2.75, 3.05) is 5.32 Å². The molecule has 5 aromatic rings. The largest absolute Gasteiger partial charge is 0.485 e. The minimum Gasteiger partial charge on any atom is -0.485 e. The fraction of sp³-hybridized carbons (Fsp3) is 0.150. The molecule has 0 aliphatic heterocycles. The van der Waals surface area contributed by atoms with Crippen LogP contribution in [0.15, 0.2) is 54.2 Å². The Morgan fingerprint density at radius 2 is 2.03 bits per heavy atom. The van der Waals surface area contributed by atoms with E-state index in [9.17, 15) is 8.42 Å². The second-order valence-electron chi connectivity index (χ2n) is 7.37. The smallest absolute Gasteiger partial charge is 0.261 e. The normalized spacial score (nSPS) is 12.0. The van der Waals surface area contributed by atoms with Crippen LogP contribution in [0, 0.1) is 0 Å². The third-order valence-electron chi connectivity index (χ3n) is 4.76. The summed E-state index contributed by atoms with van der Waals surface area (Å²) in [5, 5.41) is 15.3. The molecule has 4 aromatic heterocycles. The molecular formula is C20H17ClN8O3S. The lowest BCUT2D eigenvalue weighted by Gasteiger charge is -2.12. The van der Waals surface area contributed by atoms with Gasteiger partial charge in [-0.25, -0.2) is 13.4 Å². The third-order valence-corrected chi connectivity index (χ3v) is 6.14. The molecule has 0 radical (unpaired) electrons. The number of nitrogens with one attached hydrogen (secondary N) is 2. The van der Waals surface area contributed by atoms with Crippen LogP contribution in [-0.4, -0.2) is 49.3 Å². The van der Waals surface area contributed by atoms with Crippen molar-refractivity contribution < 1.29 is 13.2 Å². The Labute approximate surface area is 192 Å². The quantitative estimate of drug-likeness (QED) is 0.346. The van der Waals surface area contributed by atoms with E-state index < -0.39 is 9.05 Å². The Kier molecular flexibility index (Phi) is 5.10. The molecule has 0 aliphatic carbocycles. The molecule has 0 atom stereocenters. The fourth-order valence-corrected chi connectivity index (χ4v) is 4.48. The van der Waals surface area contributed by atoms with Crippen LogP contribution in [0.4, 0.5) is 11.6 Å². The molecule has 2 N–H and O–H groups in total. The Balaban J connectivity index is 1.62. The minimum atomic E-state index is -3.95. The number of fused-ring (bicyclic) bond motifs is 2. The van der Waals surface area contributed by atoms with Crippen LogP contribution in [-0.2, 0) is 9.05 Å². The standard InChI is InChI=1S/C20H17ClN8O3S/c1-11(2)32-18-17(12-7-24-25-8-12)23-10-29-19(18)27-20(28-29)26-15-3-4-16(33(21,30)31)14-9-22-6-5-13(14)15/h3-11H,1-2H3,(H,24,25)(H,26,28). The van der Waals surface area contributed by atoms with E-state index in [1.54, 1.807) is 30.7 Å². The van der Waals surface area contributed by atoms with Crippen LogP contribution in [0.2, 0.25) is 0 Å². The molecule has 4 heterocycles. The van der Waals surface area contributed by atoms with Crippen molar-refractivity contribution in [3.05, 3.63) is 49.3 Å². The van der Waals surface area contributed by atoms with Gasteiger partial charge in [0.25, 0.3) is 9.05 Å². The lowest BCUT2D eigenvalue weighted by molar-refractivity contribution is 0.244. The van der Waals surface area contributed by atoms with E-state index in [0.717, 1.165) is 5.56 Å². The van der Waals surface area contributed by atoms with E-state index in [1.165, 1.54) is 23.1 Å². The average Bonchev–Trinajstić information content (AvgIpc) is 3.43. The second kappa shape index (κ2) is 7.98. The zero-order valence-electron chi connectivity index (χ0n) is 17.4. The van der Waals surface area contributed by atoms with Gasteiger partial charge in [0, 0.05) is 51.3 Å². The van der Waals surface area contributed by atoms with Crippen molar-refractivity contribution in [3.8, 4) is 17.0 Å². The number of rotatable bonds is 6. The Bertz CT molecular complexity index is 1580. The topological polar surface area (TPSA) is 140 Å². The summed E-state index contributed by atoms with van der Waals surface area (Å²) in [4.78, 5) is 13.1. The molecule has 1 aromatic carbocycles. The van der Waals surface area contributed by atoms with E-state index in [0.29, 0.717) is 33.6 Å². The number of halogens is 1. The average molecular weight is 485 g/mol. The maximum Gasteiger partial charge on any atom is 0.261 e. The first kappa shape index (κ1) is 21.1. The molecular weight excluding hydrogens is 468 g/mol. The predicted molar refractivity (Wildman–Crippen MR) is 122 cm³/mol. The summed E-state index contributed by atoms with van der Waals surface area (Å²) < 4.78 is 31.4. The number of H-pyrrole nitrogens is 1. The number of pyridine rings is 1. The number of anilines is 2. The first-order valence-electron chi connectivity index (χ1n) is 9.81. The van der Waals surface area contributed by atoms with Crippen molar-refractivity contribution in [2.24, 2.45) is 0 Å². The van der Waals surface area contributed by atoms with Gasteiger partial charge in [-0.2, -0.15) is 14.6 Å². The highest BCUT2D eigenvalue weighted by atomic mass is 35.7. The molecule has 0 fully saturated rings. The maximum absolute atomic E-state index is 12.0. The van der Waals surface area contributed by atoms with Gasteiger partial charge in [-0.05, 0) is 32.0 Å². The van der Waals surface area contributed by atoms with Gasteiger partial charge >= 0.3 is 0 Å². The number of aromatic nitrogens is 7. The lowest BCUT2D eigenvalue weighted by Crippen LogP contribution is -2.09. The van der Waals surface area contributed by atoms with Crippen molar-refractivity contribution in [3.63, 3.8) is 0 Å². The van der Waals surface area contributed by atoms with Gasteiger partial charge < -0.3 is 10.1 Å². The number of benzene rings is 1. The highest BCUT2D eigenvalue weighted by molar-refractivity contribution is 8.14. The Morgan fingerprint density at radius 3 is 2.76 bits per heavy atom. The van der Waals surface area contributed by atoms with Gasteiger partial charge in [-0.3, -0.25) is 10.1 Å². The zero-order chi connectivity index (χ0) is 23.2. The molecule has 0 bridgehead atoms. The summed E-state index contributed by atoms with van der Waals surface area (Å²) in [5.41, 5.74) is 2.38. The van der Waals surface area contributed by atoms with Crippen LogP contribution < -0.4 is 10.1 Å². The van der Waals surface area contributed by atoms with E-state index in [1.807, 2.05) is 13.8 Å². The first-order chi connectivity index (χ1) is 15.8. The molecule has 0 unspecified atom stereocenters. The summed E-state index contributed by atoms with van der Waals surface area (Å²) in [6.07, 6.45) is 7.78. The van der Waals surface area contributed by atoms with Crippen molar-refractivity contribution in [1.82, 2.24) is 34.8 Å². The predicted octanol–water partition coefficient (Wildman–Crippen LogP) is 3.52. The molecule has 0 saturated carbocycles. The first-order valence-corrected chi connectivity index (χ1v) is 12.1. The van der Waals surface area contributed by atoms with E-state index in [2.05, 4.69) is 35.6 Å². The molecule has 168 valence electrons. The number of hydrogen-bond donors (Lipinski definition) is 2. The Hall–Kier alpha value is -3.77. The van der Waals surface area contributed by atoms with Crippen LogP contribution in [0.5, 0.6) is 5.75 Å². The highest BCUT2D eigenvalue weighted by Gasteiger charge is 2.20. The zero-order valence-corrected chi connectivity index (χ0v) is 19.0. The Morgan fingerprint density at radius 1 is 1.18 bits per heavy atom. The number of aromatic amines is 1. The number of hydrogen-bond acceptors (Lipinski definition) is 9. The van der Waals surface area contributed by atoms with Crippen molar-refractivity contribution >= 4 is 47.8 Å². The molecule has 0 saturated heterocycles. The molecule has 11 nitrogen and oxygen atoms in total. The highest BCUT2D eigenvalue weighted by Crippen LogP contribution is 2.34. The van der Waals surface area contributed by atoms with E-state index in [4.69, 9.17) is 15.4 Å². The SMILES string of the molecule is CC(C)Oc1c(-c2cn[nH]c2)ncn2nc(Nc3ccc(S(=O)(=O)Cl)c4cnccc34)nc12. The van der Waals surface area contributed by atoms with Crippen LogP contribution in [0.3, 0.4) is 0 Å². The van der Waals surface area contributed by atoms with E-state index in [-0.39, 0.29) is 16.9 Å². The van der Waals surface area contributed by atoms with Crippen LogP contribution in [0.1, 0.15) is 13.8 Å². The summed E-state index contributed by atoms with van der Waals surface area (Å²) in [5.74, 6) is 0.737. The molecule has 13 heteroatoms. The summed E-state index contributed by atoms with van der Waals surface area (Å²) in [6, 6.07) is 4.70. The van der Waals surface area contributed by atoms with Crippen LogP contribution in [0.25, 0.3) is 27.7 Å². The van der Waals surface area contributed by atoms with Gasteiger partial charge in [0.2, 0.25) is 11.6 Å². The van der Waals surface area contributed by atoms with Crippen molar-refractivity contribution in [1.29, 1.82) is 0 Å². The molecule has 5 rings (SSSR count). The van der Waals surface area contributed by atoms with Crippen molar-refractivity contribution in [2.45, 2.75) is 24.8 Å². The molecule has 0 amide bonds. The second-order valence-corrected chi connectivity index (χ2v) is 9.91. The monoisotopic (exact) mass is 484 g/mol. The van der Waals surface area contributed by atoms with Gasteiger partial charge in [0.05, 0.1) is 17.2 Å². The number of ether oxygens (including phenoxy) is 1. The van der Waals surface area contributed by atoms with Gasteiger partial charge in [-0.1, -0.05) is 0 Å².